The van der Waals surface area contributed by atoms with Crippen molar-refractivity contribution < 1.29 is 22.0 Å². The van der Waals surface area contributed by atoms with Crippen LogP contribution in [0.4, 0.5) is 13.6 Å². The highest BCUT2D eigenvalue weighted by Crippen LogP contribution is 2.34. The van der Waals surface area contributed by atoms with Gasteiger partial charge < -0.3 is 10.2 Å². The summed E-state index contributed by atoms with van der Waals surface area (Å²) in [5, 5.41) is 2.40. The molecule has 0 aromatic heterocycles. The topological polar surface area (TPSA) is 66.5 Å². The van der Waals surface area contributed by atoms with Crippen molar-refractivity contribution in [3.8, 4) is 0 Å². The maximum absolute atomic E-state index is 13.3. The normalized spacial score (nSPS) is 23.0. The summed E-state index contributed by atoms with van der Waals surface area (Å²) >= 11 is 0. The average Bonchev–Trinajstić information content (AvgIpc) is 3.22. The van der Waals surface area contributed by atoms with E-state index in [-0.39, 0.29) is 24.2 Å². The summed E-state index contributed by atoms with van der Waals surface area (Å²) in [6.45, 7) is 0.577. The van der Waals surface area contributed by atoms with Crippen molar-refractivity contribution in [1.82, 2.24) is 10.2 Å². The molecule has 2 amide bonds. The first-order valence-electron chi connectivity index (χ1n) is 9.11. The van der Waals surface area contributed by atoms with Gasteiger partial charge in [0.05, 0.1) is 17.0 Å². The molecule has 2 aromatic rings. The number of carbonyl (C=O) groups excluding carboxylic acids is 1. The molecule has 2 atom stereocenters. The molecule has 0 radical (unpaired) electrons. The van der Waals surface area contributed by atoms with Crippen LogP contribution in [0.1, 0.15) is 23.6 Å². The van der Waals surface area contributed by atoms with Gasteiger partial charge in [-0.25, -0.2) is 22.0 Å². The first kappa shape index (κ1) is 18.9. The van der Waals surface area contributed by atoms with E-state index < -0.39 is 32.8 Å². The maximum atomic E-state index is 13.3. The smallest absolute Gasteiger partial charge is 0.318 e. The van der Waals surface area contributed by atoms with Crippen LogP contribution in [0.5, 0.6) is 0 Å². The van der Waals surface area contributed by atoms with Gasteiger partial charge >= 0.3 is 6.03 Å². The average molecular weight is 406 g/mol. The number of sulfone groups is 1. The third kappa shape index (κ3) is 3.61. The molecule has 0 spiro atoms. The van der Waals surface area contributed by atoms with Crippen molar-refractivity contribution >= 4 is 15.9 Å². The maximum Gasteiger partial charge on any atom is 0.318 e. The molecule has 0 saturated carbocycles. The Balaban J connectivity index is 1.56. The second kappa shape index (κ2) is 7.16. The van der Waals surface area contributed by atoms with E-state index in [0.717, 1.165) is 0 Å². The molecule has 2 fully saturated rings. The van der Waals surface area contributed by atoms with E-state index in [9.17, 15) is 22.0 Å². The van der Waals surface area contributed by atoms with E-state index in [2.05, 4.69) is 5.32 Å². The molecule has 5 nitrogen and oxygen atoms in total. The quantitative estimate of drug-likeness (QED) is 0.853. The summed E-state index contributed by atoms with van der Waals surface area (Å²) in [6, 6.07) is 10.4. The fraction of sp³-hybridized carbons (Fsp3) is 0.350. The van der Waals surface area contributed by atoms with Crippen LogP contribution >= 0.6 is 0 Å². The number of halogens is 2. The van der Waals surface area contributed by atoms with Crippen LogP contribution in [0.3, 0.4) is 0 Å². The molecule has 2 aliphatic rings. The van der Waals surface area contributed by atoms with Crippen LogP contribution in [0, 0.1) is 17.6 Å². The van der Waals surface area contributed by atoms with Gasteiger partial charge in [0, 0.05) is 13.1 Å². The number of nitrogens with zero attached hydrogens (tertiary/aromatic N) is 1. The second-order valence-electron chi connectivity index (χ2n) is 7.34. The Hall–Kier alpha value is -2.48. The number of hydrogen-bond donors (Lipinski definition) is 1. The van der Waals surface area contributed by atoms with Gasteiger partial charge in [-0.1, -0.05) is 24.3 Å². The zero-order chi connectivity index (χ0) is 19.9. The van der Waals surface area contributed by atoms with E-state index in [4.69, 9.17) is 0 Å². The lowest BCUT2D eigenvalue weighted by Crippen LogP contribution is -2.42. The van der Waals surface area contributed by atoms with E-state index in [1.54, 1.807) is 24.3 Å². The van der Waals surface area contributed by atoms with Crippen LogP contribution < -0.4 is 5.32 Å². The fourth-order valence-electron chi connectivity index (χ4n) is 4.04. The van der Waals surface area contributed by atoms with Crippen LogP contribution in [0.2, 0.25) is 0 Å². The van der Waals surface area contributed by atoms with Crippen molar-refractivity contribution in [2.75, 3.05) is 18.8 Å². The number of fused-ring (bicyclic) bond motifs is 1. The van der Waals surface area contributed by atoms with E-state index in [1.165, 1.54) is 29.2 Å². The van der Waals surface area contributed by atoms with Crippen molar-refractivity contribution in [2.45, 2.75) is 17.7 Å². The Morgan fingerprint density at radius 1 is 0.964 bits per heavy atom. The molecule has 1 N–H and O–H groups in total. The summed E-state index contributed by atoms with van der Waals surface area (Å²) in [5.41, 5.74) is 1.29. The lowest BCUT2D eigenvalue weighted by atomic mass is 9.98. The van der Waals surface area contributed by atoms with Crippen LogP contribution in [-0.4, -0.2) is 43.4 Å². The molecule has 4 rings (SSSR count). The van der Waals surface area contributed by atoms with Crippen LogP contribution in [-0.2, 0) is 9.84 Å². The van der Waals surface area contributed by atoms with Gasteiger partial charge in [0.25, 0.3) is 0 Å². The molecule has 2 aliphatic heterocycles. The summed E-state index contributed by atoms with van der Waals surface area (Å²) < 4.78 is 50.9. The van der Waals surface area contributed by atoms with Crippen molar-refractivity contribution in [3.05, 3.63) is 71.3 Å². The molecule has 28 heavy (non-hydrogen) atoms. The minimum absolute atomic E-state index is 0.0224. The van der Waals surface area contributed by atoms with Crippen LogP contribution in [0.15, 0.2) is 48.5 Å². The Morgan fingerprint density at radius 3 is 2.00 bits per heavy atom. The number of likely N-dealkylation sites (tertiary alicyclic amines) is 1. The minimum Gasteiger partial charge on any atom is -0.327 e. The standard InChI is InChI=1S/C20H20F2N2O3S/c21-16-5-1-13(2-6-16)19(14-3-7-17(22)8-4-14)23-20(25)24-11-15-9-10-28(26,27)18(15)12-24/h1-8,15,18-19H,9-12H2,(H,23,25). The van der Waals surface area contributed by atoms with Gasteiger partial charge in [0.2, 0.25) is 0 Å². The Bertz CT molecular complexity index is 932. The number of nitrogens with one attached hydrogen (secondary N) is 1. The molecule has 2 unspecified atom stereocenters. The number of benzene rings is 2. The molecule has 2 saturated heterocycles. The highest BCUT2D eigenvalue weighted by Gasteiger charge is 2.47. The Labute approximate surface area is 162 Å². The van der Waals surface area contributed by atoms with Crippen molar-refractivity contribution in [2.24, 2.45) is 5.92 Å². The third-order valence-corrected chi connectivity index (χ3v) is 7.84. The van der Waals surface area contributed by atoms with Crippen molar-refractivity contribution in [3.63, 3.8) is 0 Å². The largest absolute Gasteiger partial charge is 0.327 e. The van der Waals surface area contributed by atoms with Gasteiger partial charge in [-0.2, -0.15) is 0 Å². The number of carbonyl (C=O) groups is 1. The number of rotatable bonds is 3. The minimum atomic E-state index is -3.14. The molecule has 0 bridgehead atoms. The lowest BCUT2D eigenvalue weighted by Gasteiger charge is -2.24. The molecule has 2 aromatic carbocycles. The predicted octanol–water partition coefficient (Wildman–Crippen LogP) is 2.88. The molecule has 8 heteroatoms. The lowest BCUT2D eigenvalue weighted by molar-refractivity contribution is 0.204. The number of urea groups is 1. The van der Waals surface area contributed by atoms with Gasteiger partial charge in [-0.3, -0.25) is 0 Å². The SMILES string of the molecule is O=C(NC(c1ccc(F)cc1)c1ccc(F)cc1)N1CC2CCS(=O)(=O)C2C1. The molecule has 2 heterocycles. The van der Waals surface area contributed by atoms with Crippen molar-refractivity contribution in [1.29, 1.82) is 0 Å². The molecule has 0 aliphatic carbocycles. The summed E-state index contributed by atoms with van der Waals surface area (Å²) in [6.07, 6.45) is 0.579. The fourth-order valence-corrected chi connectivity index (χ4v) is 6.19. The van der Waals surface area contributed by atoms with E-state index in [1.807, 2.05) is 0 Å². The van der Waals surface area contributed by atoms with Gasteiger partial charge in [-0.15, -0.1) is 0 Å². The van der Waals surface area contributed by atoms with E-state index >= 15 is 0 Å². The number of amides is 2. The Kier molecular flexibility index (Phi) is 4.82. The second-order valence-corrected chi connectivity index (χ2v) is 9.68. The first-order valence-corrected chi connectivity index (χ1v) is 10.8. The summed E-state index contributed by atoms with van der Waals surface area (Å²) in [5.74, 6) is -0.632. The Morgan fingerprint density at radius 2 is 1.50 bits per heavy atom. The molecular formula is C20H20F2N2O3S. The predicted molar refractivity (Wildman–Crippen MR) is 100 cm³/mol. The number of hydrogen-bond acceptors (Lipinski definition) is 3. The summed E-state index contributed by atoms with van der Waals surface area (Å²) in [4.78, 5) is 14.4. The highest BCUT2D eigenvalue weighted by atomic mass is 32.2. The monoisotopic (exact) mass is 406 g/mol. The van der Waals surface area contributed by atoms with Gasteiger partial charge in [0.1, 0.15) is 11.6 Å². The molecular weight excluding hydrogens is 386 g/mol. The highest BCUT2D eigenvalue weighted by molar-refractivity contribution is 7.92. The zero-order valence-electron chi connectivity index (χ0n) is 15.0. The van der Waals surface area contributed by atoms with Crippen LogP contribution in [0.25, 0.3) is 0 Å². The molecule has 148 valence electrons. The van der Waals surface area contributed by atoms with Gasteiger partial charge in [-0.05, 0) is 47.7 Å². The van der Waals surface area contributed by atoms with E-state index in [0.29, 0.717) is 24.1 Å². The van der Waals surface area contributed by atoms with Gasteiger partial charge in [0.15, 0.2) is 9.84 Å². The summed E-state index contributed by atoms with van der Waals surface area (Å²) in [7, 11) is -3.14. The third-order valence-electron chi connectivity index (χ3n) is 5.58. The first-order chi connectivity index (χ1) is 13.3. The zero-order valence-corrected chi connectivity index (χ0v) is 15.8.